The summed E-state index contributed by atoms with van der Waals surface area (Å²) >= 11 is 0. The number of carboxylic acid groups (broad SMARTS) is 1. The van der Waals surface area contributed by atoms with Gasteiger partial charge in [-0.25, -0.2) is 4.79 Å². The van der Waals surface area contributed by atoms with E-state index >= 15 is 0 Å². The van der Waals surface area contributed by atoms with Gasteiger partial charge in [-0.05, 0) is 44.2 Å². The number of amides is 1. The second-order valence-corrected chi connectivity index (χ2v) is 5.88. The molecule has 0 spiro atoms. The molecule has 1 N–H and O–H groups in total. The van der Waals surface area contributed by atoms with Crippen molar-refractivity contribution in [2.24, 2.45) is 0 Å². The summed E-state index contributed by atoms with van der Waals surface area (Å²) in [7, 11) is 0. The monoisotopic (exact) mass is 306 g/mol. The molecule has 1 aliphatic heterocycles. The Labute approximate surface area is 130 Å². The summed E-state index contributed by atoms with van der Waals surface area (Å²) in [5.41, 5.74) is 0.657. The Morgan fingerprint density at radius 2 is 2.32 bits per heavy atom. The van der Waals surface area contributed by atoms with Crippen molar-refractivity contribution in [1.29, 1.82) is 0 Å². The maximum Gasteiger partial charge on any atom is 0.394 e. The number of likely N-dealkylation sites (tertiary alicyclic amines) is 1. The van der Waals surface area contributed by atoms with Crippen LogP contribution in [0, 0.1) is 0 Å². The minimum absolute atomic E-state index is 0.374. The summed E-state index contributed by atoms with van der Waals surface area (Å²) in [4.78, 5) is 28.1. The molecule has 1 fully saturated rings. The van der Waals surface area contributed by atoms with Crippen molar-refractivity contribution < 1.29 is 19.4 Å². The number of nitrogens with zero attached hydrogens (tertiary/aromatic N) is 2. The van der Waals surface area contributed by atoms with Crippen LogP contribution < -0.4 is 0 Å². The van der Waals surface area contributed by atoms with Crippen molar-refractivity contribution in [1.82, 2.24) is 9.88 Å². The van der Waals surface area contributed by atoms with Gasteiger partial charge in [0.25, 0.3) is 0 Å². The van der Waals surface area contributed by atoms with Crippen molar-refractivity contribution in [3.63, 3.8) is 0 Å². The largest absolute Gasteiger partial charge is 0.474 e. The molecule has 0 aliphatic carbocycles. The van der Waals surface area contributed by atoms with Gasteiger partial charge in [-0.15, -0.1) is 0 Å². The van der Waals surface area contributed by atoms with E-state index in [1.165, 1.54) is 10.5 Å². The minimum atomic E-state index is -1.40. The fourth-order valence-corrected chi connectivity index (χ4v) is 2.85. The second kappa shape index (κ2) is 7.35. The number of aliphatic carboxylic acids is 1. The van der Waals surface area contributed by atoms with Gasteiger partial charge in [0.1, 0.15) is 0 Å². The van der Waals surface area contributed by atoms with Crippen molar-refractivity contribution >= 4 is 11.9 Å². The van der Waals surface area contributed by atoms with E-state index in [9.17, 15) is 9.59 Å². The van der Waals surface area contributed by atoms with Gasteiger partial charge in [0.05, 0.1) is 12.1 Å². The van der Waals surface area contributed by atoms with Gasteiger partial charge in [-0.3, -0.25) is 9.78 Å². The topological polar surface area (TPSA) is 79.7 Å². The average molecular weight is 306 g/mol. The molecule has 2 heterocycles. The molecule has 0 bridgehead atoms. The molecule has 22 heavy (non-hydrogen) atoms. The van der Waals surface area contributed by atoms with Gasteiger partial charge >= 0.3 is 11.9 Å². The van der Waals surface area contributed by atoms with E-state index in [0.717, 1.165) is 25.7 Å². The van der Waals surface area contributed by atoms with E-state index in [-0.39, 0.29) is 0 Å². The number of carboxylic acids is 1. The predicted molar refractivity (Wildman–Crippen MR) is 80.4 cm³/mol. The molecule has 6 nitrogen and oxygen atoms in total. The highest BCUT2D eigenvalue weighted by Crippen LogP contribution is 2.29. The van der Waals surface area contributed by atoms with Crippen LogP contribution in [-0.2, 0) is 20.7 Å². The third kappa shape index (κ3) is 4.04. The molecule has 2 rings (SSSR count). The number of aromatic nitrogens is 1. The zero-order valence-corrected chi connectivity index (χ0v) is 12.8. The molecular weight excluding hydrogens is 284 g/mol. The fraction of sp³-hybridized carbons (Fsp3) is 0.562. The lowest BCUT2D eigenvalue weighted by atomic mass is 10.00. The van der Waals surface area contributed by atoms with Crippen LogP contribution in [0.2, 0.25) is 0 Å². The molecule has 0 radical (unpaired) electrons. The first-order chi connectivity index (χ1) is 10.5. The average Bonchev–Trinajstić information content (AvgIpc) is 2.89. The number of ether oxygens (including phenoxy) is 1. The summed E-state index contributed by atoms with van der Waals surface area (Å²) in [5, 5.41) is 8.87. The van der Waals surface area contributed by atoms with Crippen molar-refractivity contribution in [2.45, 2.75) is 38.1 Å². The minimum Gasteiger partial charge on any atom is -0.474 e. The van der Waals surface area contributed by atoms with Crippen LogP contribution in [-0.4, -0.2) is 52.2 Å². The molecule has 1 amide bonds. The van der Waals surface area contributed by atoms with Crippen molar-refractivity contribution in [2.75, 3.05) is 19.8 Å². The Morgan fingerprint density at radius 1 is 1.50 bits per heavy atom. The molecule has 120 valence electrons. The number of carbonyl (C=O) groups is 2. The van der Waals surface area contributed by atoms with Gasteiger partial charge in [0.15, 0.2) is 0 Å². The lowest BCUT2D eigenvalue weighted by Gasteiger charge is -2.33. The number of rotatable bonds is 6. The Kier molecular flexibility index (Phi) is 5.49. The molecule has 0 unspecified atom stereocenters. The molecule has 1 aliphatic rings. The van der Waals surface area contributed by atoms with Gasteiger partial charge in [0, 0.05) is 25.5 Å². The zero-order valence-electron chi connectivity index (χ0n) is 12.8. The van der Waals surface area contributed by atoms with Crippen LogP contribution in [0.15, 0.2) is 24.5 Å². The number of pyridine rings is 1. The maximum atomic E-state index is 11.7. The van der Waals surface area contributed by atoms with Gasteiger partial charge in [-0.2, -0.15) is 0 Å². The van der Waals surface area contributed by atoms with Crippen LogP contribution in [0.1, 0.15) is 31.7 Å². The standard InChI is InChI=1S/C16H22N2O4/c1-16(7-4-9-18(16)14(19)15(20)21)12-22-10-3-6-13-5-2-8-17-11-13/h2,5,8,11H,3-4,6-7,9-10,12H2,1H3,(H,20,21)/t16-/m0/s1. The summed E-state index contributed by atoms with van der Waals surface area (Å²) in [5.74, 6) is -2.23. The Balaban J connectivity index is 1.75. The van der Waals surface area contributed by atoms with E-state index in [0.29, 0.717) is 19.8 Å². The fourth-order valence-electron chi connectivity index (χ4n) is 2.85. The maximum absolute atomic E-state index is 11.7. The van der Waals surface area contributed by atoms with Crippen LogP contribution in [0.5, 0.6) is 0 Å². The normalized spacial score (nSPS) is 21.0. The number of aryl methyl sites for hydroxylation is 1. The lowest BCUT2D eigenvalue weighted by Crippen LogP contribution is -2.50. The van der Waals surface area contributed by atoms with Crippen LogP contribution in [0.4, 0.5) is 0 Å². The van der Waals surface area contributed by atoms with E-state index in [1.807, 2.05) is 25.3 Å². The highest BCUT2D eigenvalue weighted by Gasteiger charge is 2.41. The number of hydrogen-bond donors (Lipinski definition) is 1. The SMILES string of the molecule is C[C@@]1(COCCCc2cccnc2)CCCN1C(=O)C(=O)O. The molecule has 1 atom stereocenters. The summed E-state index contributed by atoms with van der Waals surface area (Å²) < 4.78 is 5.70. The third-order valence-corrected chi connectivity index (χ3v) is 4.07. The Hall–Kier alpha value is -1.95. The van der Waals surface area contributed by atoms with Crippen LogP contribution in [0.3, 0.4) is 0 Å². The number of hydrogen-bond acceptors (Lipinski definition) is 4. The first-order valence-electron chi connectivity index (χ1n) is 7.54. The quantitative estimate of drug-likeness (QED) is 0.636. The summed E-state index contributed by atoms with van der Waals surface area (Å²) in [6.07, 6.45) is 6.93. The van der Waals surface area contributed by atoms with Crippen LogP contribution in [0.25, 0.3) is 0 Å². The van der Waals surface area contributed by atoms with Gasteiger partial charge in [0.2, 0.25) is 0 Å². The van der Waals surface area contributed by atoms with Crippen molar-refractivity contribution in [3.8, 4) is 0 Å². The highest BCUT2D eigenvalue weighted by atomic mass is 16.5. The van der Waals surface area contributed by atoms with Gasteiger partial charge in [-0.1, -0.05) is 6.07 Å². The first kappa shape index (κ1) is 16.4. The molecule has 6 heteroatoms. The Morgan fingerprint density at radius 3 is 3.00 bits per heavy atom. The molecule has 0 saturated carbocycles. The predicted octanol–water partition coefficient (Wildman–Crippen LogP) is 1.50. The van der Waals surface area contributed by atoms with E-state index in [4.69, 9.17) is 9.84 Å². The second-order valence-electron chi connectivity index (χ2n) is 5.88. The summed E-state index contributed by atoms with van der Waals surface area (Å²) in [6, 6.07) is 3.93. The molecule has 1 aromatic rings. The van der Waals surface area contributed by atoms with E-state index < -0.39 is 17.4 Å². The molecule has 0 aromatic carbocycles. The van der Waals surface area contributed by atoms with E-state index in [2.05, 4.69) is 4.98 Å². The first-order valence-corrected chi connectivity index (χ1v) is 7.54. The highest BCUT2D eigenvalue weighted by molar-refractivity contribution is 6.31. The summed E-state index contributed by atoms with van der Waals surface area (Å²) in [6.45, 7) is 3.33. The smallest absolute Gasteiger partial charge is 0.394 e. The van der Waals surface area contributed by atoms with Crippen molar-refractivity contribution in [3.05, 3.63) is 30.1 Å². The van der Waals surface area contributed by atoms with Gasteiger partial charge < -0.3 is 14.7 Å². The molecular formula is C16H22N2O4. The van der Waals surface area contributed by atoms with E-state index in [1.54, 1.807) is 6.20 Å². The third-order valence-electron chi connectivity index (χ3n) is 4.07. The van der Waals surface area contributed by atoms with Crippen LogP contribution >= 0.6 is 0 Å². The molecule has 1 saturated heterocycles. The molecule has 1 aromatic heterocycles. The zero-order chi connectivity index (χ0) is 16.0. The Bertz CT molecular complexity index is 520. The lowest BCUT2D eigenvalue weighted by molar-refractivity contribution is -0.159. The number of carbonyl (C=O) groups excluding carboxylic acids is 1.